The van der Waals surface area contributed by atoms with Crippen molar-refractivity contribution in [2.75, 3.05) is 0 Å². The molecule has 2 aliphatic heterocycles. The standard InChI is InChI=1S/C18H31NO2/c1-6-7-8-13-11(2)16-19(21-13)14-12-9-10-18(5,15(14)20-16)17(12,3)4/h11-16H,6-10H2,1-5H3/t11-,12+,13-,14+,15+,16-,18-/m0/s1. The SMILES string of the molecule is CCCC[C@@H]1ON2[C@@H]3[C@H]4CC[C@@](C)([C@@H]3O[C@H]2[C@H]1C)C4(C)C. The van der Waals surface area contributed by atoms with Crippen molar-refractivity contribution in [2.24, 2.45) is 22.7 Å². The Bertz CT molecular complexity index is 437. The number of rotatable bonds is 3. The van der Waals surface area contributed by atoms with Crippen LogP contribution in [-0.4, -0.2) is 29.5 Å². The second-order valence-corrected chi connectivity index (χ2v) is 8.73. The number of hydroxylamine groups is 2. The van der Waals surface area contributed by atoms with E-state index < -0.39 is 0 Å². The fraction of sp³-hybridized carbons (Fsp3) is 1.00. The van der Waals surface area contributed by atoms with Gasteiger partial charge in [-0.15, -0.1) is 0 Å². The van der Waals surface area contributed by atoms with Gasteiger partial charge in [0.1, 0.15) is 6.23 Å². The molecule has 3 heteroatoms. The summed E-state index contributed by atoms with van der Waals surface area (Å²) in [4.78, 5) is 6.41. The Morgan fingerprint density at radius 1 is 1.24 bits per heavy atom. The Morgan fingerprint density at radius 3 is 2.71 bits per heavy atom. The Kier molecular flexibility index (Phi) is 3.07. The van der Waals surface area contributed by atoms with Crippen LogP contribution in [0.4, 0.5) is 0 Å². The second-order valence-electron chi connectivity index (χ2n) is 8.73. The molecular formula is C18H31NO2. The van der Waals surface area contributed by atoms with Gasteiger partial charge in [0.25, 0.3) is 0 Å². The summed E-state index contributed by atoms with van der Waals surface area (Å²) in [6.45, 7) is 11.9. The van der Waals surface area contributed by atoms with Crippen LogP contribution in [0.5, 0.6) is 0 Å². The zero-order valence-electron chi connectivity index (χ0n) is 14.3. The molecule has 0 N–H and O–H groups in total. The van der Waals surface area contributed by atoms with E-state index >= 15 is 0 Å². The Morgan fingerprint density at radius 2 is 2.00 bits per heavy atom. The summed E-state index contributed by atoms with van der Waals surface area (Å²) in [5, 5.41) is 2.30. The molecule has 2 saturated carbocycles. The average molecular weight is 293 g/mol. The molecule has 0 aromatic carbocycles. The molecule has 120 valence electrons. The molecule has 2 saturated heterocycles. The summed E-state index contributed by atoms with van der Waals surface area (Å²) < 4.78 is 6.61. The zero-order valence-corrected chi connectivity index (χ0v) is 14.3. The van der Waals surface area contributed by atoms with Crippen molar-refractivity contribution < 1.29 is 9.57 Å². The highest BCUT2D eigenvalue weighted by molar-refractivity contribution is 5.20. The van der Waals surface area contributed by atoms with Crippen molar-refractivity contribution in [3.63, 3.8) is 0 Å². The summed E-state index contributed by atoms with van der Waals surface area (Å²) in [6, 6.07) is 0.498. The normalized spacial score (nSPS) is 54.1. The van der Waals surface area contributed by atoms with Gasteiger partial charge in [0.2, 0.25) is 0 Å². The highest BCUT2D eigenvalue weighted by Crippen LogP contribution is 2.70. The minimum absolute atomic E-state index is 0.206. The van der Waals surface area contributed by atoms with Crippen LogP contribution in [0, 0.1) is 22.7 Å². The zero-order chi connectivity index (χ0) is 15.0. The maximum Gasteiger partial charge on any atom is 0.139 e. The molecule has 2 bridgehead atoms. The first-order chi connectivity index (χ1) is 9.91. The van der Waals surface area contributed by atoms with E-state index in [1.54, 1.807) is 0 Å². The van der Waals surface area contributed by atoms with Crippen LogP contribution in [0.15, 0.2) is 0 Å². The third-order valence-electron chi connectivity index (χ3n) is 7.69. The first kappa shape index (κ1) is 14.5. The first-order valence-electron chi connectivity index (χ1n) is 9.02. The molecule has 0 unspecified atom stereocenters. The summed E-state index contributed by atoms with van der Waals surface area (Å²) in [5.74, 6) is 1.24. The van der Waals surface area contributed by atoms with Crippen LogP contribution in [0.2, 0.25) is 0 Å². The van der Waals surface area contributed by atoms with E-state index in [2.05, 4.69) is 39.7 Å². The van der Waals surface area contributed by atoms with Crippen LogP contribution in [0.1, 0.15) is 66.7 Å². The lowest BCUT2D eigenvalue weighted by Gasteiger charge is -2.38. The van der Waals surface area contributed by atoms with Crippen molar-refractivity contribution in [1.29, 1.82) is 0 Å². The molecule has 4 fully saturated rings. The lowest BCUT2D eigenvalue weighted by Crippen LogP contribution is -2.42. The van der Waals surface area contributed by atoms with E-state index in [4.69, 9.17) is 9.57 Å². The van der Waals surface area contributed by atoms with E-state index in [1.165, 1.54) is 32.1 Å². The van der Waals surface area contributed by atoms with Crippen molar-refractivity contribution in [2.45, 2.75) is 91.2 Å². The van der Waals surface area contributed by atoms with Crippen LogP contribution < -0.4 is 0 Å². The number of fused-ring (bicyclic) bond motifs is 7. The van der Waals surface area contributed by atoms with E-state index in [1.807, 2.05) is 0 Å². The van der Waals surface area contributed by atoms with E-state index in [0.717, 1.165) is 5.92 Å². The van der Waals surface area contributed by atoms with Gasteiger partial charge in [-0.2, -0.15) is 5.06 Å². The van der Waals surface area contributed by atoms with Gasteiger partial charge in [0, 0.05) is 11.3 Å². The topological polar surface area (TPSA) is 21.7 Å². The van der Waals surface area contributed by atoms with E-state index in [9.17, 15) is 0 Å². The second kappa shape index (κ2) is 4.46. The summed E-state index contributed by atoms with van der Waals surface area (Å²) in [5.41, 5.74) is 0.704. The van der Waals surface area contributed by atoms with Crippen molar-refractivity contribution in [3.05, 3.63) is 0 Å². The van der Waals surface area contributed by atoms with Crippen LogP contribution in [0.25, 0.3) is 0 Å². The van der Waals surface area contributed by atoms with Crippen molar-refractivity contribution in [1.82, 2.24) is 5.06 Å². The molecule has 3 nitrogen and oxygen atoms in total. The summed E-state index contributed by atoms with van der Waals surface area (Å²) in [6.07, 6.45) is 7.30. The van der Waals surface area contributed by atoms with Gasteiger partial charge in [0.15, 0.2) is 0 Å². The Hall–Kier alpha value is -0.120. The lowest BCUT2D eigenvalue weighted by molar-refractivity contribution is -0.197. The quantitative estimate of drug-likeness (QED) is 0.785. The van der Waals surface area contributed by atoms with Crippen LogP contribution in [-0.2, 0) is 9.57 Å². The summed E-state index contributed by atoms with van der Waals surface area (Å²) in [7, 11) is 0. The Balaban J connectivity index is 1.58. The molecule has 0 amide bonds. The average Bonchev–Trinajstić information content (AvgIpc) is 3.06. The highest BCUT2D eigenvalue weighted by Gasteiger charge is 2.73. The molecule has 21 heavy (non-hydrogen) atoms. The number of unbranched alkanes of at least 4 members (excludes halogenated alkanes) is 1. The number of nitrogens with zero attached hydrogens (tertiary/aromatic N) is 1. The minimum Gasteiger partial charge on any atom is -0.355 e. The molecule has 0 spiro atoms. The van der Waals surface area contributed by atoms with Gasteiger partial charge in [-0.25, -0.2) is 0 Å². The van der Waals surface area contributed by atoms with Gasteiger partial charge in [-0.3, -0.25) is 4.84 Å². The first-order valence-corrected chi connectivity index (χ1v) is 9.02. The largest absolute Gasteiger partial charge is 0.355 e. The maximum absolute atomic E-state index is 6.61. The van der Waals surface area contributed by atoms with E-state index in [0.29, 0.717) is 35.0 Å². The third-order valence-corrected chi connectivity index (χ3v) is 7.69. The summed E-state index contributed by atoms with van der Waals surface area (Å²) >= 11 is 0. The number of ether oxygens (including phenoxy) is 1. The molecule has 0 aromatic rings. The van der Waals surface area contributed by atoms with Crippen LogP contribution in [0.3, 0.4) is 0 Å². The van der Waals surface area contributed by atoms with Crippen molar-refractivity contribution in [3.8, 4) is 0 Å². The van der Waals surface area contributed by atoms with Gasteiger partial charge < -0.3 is 4.74 Å². The number of hydrogen-bond acceptors (Lipinski definition) is 3. The smallest absolute Gasteiger partial charge is 0.139 e. The maximum atomic E-state index is 6.61. The van der Waals surface area contributed by atoms with E-state index in [-0.39, 0.29) is 6.23 Å². The molecule has 0 radical (unpaired) electrons. The molecule has 0 aromatic heterocycles. The number of hydrogen-bond donors (Lipinski definition) is 0. The molecular weight excluding hydrogens is 262 g/mol. The Labute approximate surface area is 129 Å². The lowest BCUT2D eigenvalue weighted by atomic mass is 9.70. The van der Waals surface area contributed by atoms with Crippen molar-refractivity contribution >= 4 is 0 Å². The third kappa shape index (κ3) is 1.61. The fourth-order valence-electron chi connectivity index (χ4n) is 5.82. The molecule has 2 heterocycles. The fourth-order valence-corrected chi connectivity index (χ4v) is 5.82. The molecule has 4 aliphatic rings. The monoisotopic (exact) mass is 293 g/mol. The van der Waals surface area contributed by atoms with Gasteiger partial charge >= 0.3 is 0 Å². The molecule has 7 atom stereocenters. The predicted molar refractivity (Wildman–Crippen MR) is 82.5 cm³/mol. The molecule has 2 aliphatic carbocycles. The van der Waals surface area contributed by atoms with Gasteiger partial charge in [0.05, 0.1) is 18.2 Å². The predicted octanol–water partition coefficient (Wildman–Crippen LogP) is 3.98. The highest BCUT2D eigenvalue weighted by atomic mass is 16.8. The van der Waals surface area contributed by atoms with Crippen LogP contribution >= 0.6 is 0 Å². The van der Waals surface area contributed by atoms with Gasteiger partial charge in [-0.1, -0.05) is 47.5 Å². The molecule has 4 rings (SSSR count). The van der Waals surface area contributed by atoms with Gasteiger partial charge in [-0.05, 0) is 30.6 Å². The minimum atomic E-state index is 0.206.